The Hall–Kier alpha value is -2.96. The summed E-state index contributed by atoms with van der Waals surface area (Å²) in [6.45, 7) is 3.87. The lowest BCUT2D eigenvalue weighted by atomic mass is 10.0. The van der Waals surface area contributed by atoms with Gasteiger partial charge in [-0.3, -0.25) is 9.59 Å². The van der Waals surface area contributed by atoms with Gasteiger partial charge in [-0.15, -0.1) is 0 Å². The van der Waals surface area contributed by atoms with Crippen LogP contribution in [0.1, 0.15) is 48.7 Å². The summed E-state index contributed by atoms with van der Waals surface area (Å²) >= 11 is 0. The zero-order valence-corrected chi connectivity index (χ0v) is 14.6. The van der Waals surface area contributed by atoms with Gasteiger partial charge in [0.25, 0.3) is 5.91 Å². The molecular formula is C19H21FN2O4. The number of aliphatic carboxylic acids is 1. The maximum Gasteiger partial charge on any atom is 0.305 e. The average Bonchev–Trinajstić information content (AvgIpc) is 2.61. The zero-order chi connectivity index (χ0) is 19.1. The Morgan fingerprint density at radius 2 is 1.96 bits per heavy atom. The molecule has 0 fully saturated rings. The van der Waals surface area contributed by atoms with E-state index in [0.717, 1.165) is 6.42 Å². The summed E-state index contributed by atoms with van der Waals surface area (Å²) in [6, 6.07) is 7.58. The van der Waals surface area contributed by atoms with Gasteiger partial charge in [-0.05, 0) is 37.1 Å². The molecule has 1 aromatic carbocycles. The van der Waals surface area contributed by atoms with Crippen molar-refractivity contribution in [2.24, 2.45) is 0 Å². The summed E-state index contributed by atoms with van der Waals surface area (Å²) in [5, 5.41) is 11.8. The lowest BCUT2D eigenvalue weighted by Gasteiger charge is -2.18. The van der Waals surface area contributed by atoms with Crippen LogP contribution in [0.5, 0.6) is 5.88 Å². The molecule has 6 nitrogen and oxygen atoms in total. The van der Waals surface area contributed by atoms with Gasteiger partial charge in [0, 0.05) is 17.8 Å². The standard InChI is InChI=1S/C19H21FN2O4/c1-3-12(2)26-17-10-14(8-9-21-17)19(25)22-16(11-18(23)24)13-4-6-15(20)7-5-13/h4-10,12,16H,3,11H2,1-2H3,(H,22,25)(H,23,24). The third-order valence-corrected chi connectivity index (χ3v) is 3.85. The SMILES string of the molecule is CCC(C)Oc1cc(C(=O)NC(CC(=O)O)c2ccc(F)cc2)ccn1. The molecule has 1 aromatic heterocycles. The first-order valence-electron chi connectivity index (χ1n) is 8.30. The molecule has 2 N–H and O–H groups in total. The maximum absolute atomic E-state index is 13.1. The molecule has 0 spiro atoms. The van der Waals surface area contributed by atoms with Crippen LogP contribution in [0.2, 0.25) is 0 Å². The van der Waals surface area contributed by atoms with Crippen molar-refractivity contribution in [2.75, 3.05) is 0 Å². The number of rotatable bonds is 8. The lowest BCUT2D eigenvalue weighted by molar-refractivity contribution is -0.137. The van der Waals surface area contributed by atoms with Crippen LogP contribution < -0.4 is 10.1 Å². The highest BCUT2D eigenvalue weighted by molar-refractivity contribution is 5.94. The molecule has 0 saturated carbocycles. The lowest BCUT2D eigenvalue weighted by Crippen LogP contribution is -2.30. The number of nitrogens with one attached hydrogen (secondary N) is 1. The number of benzene rings is 1. The Morgan fingerprint density at radius 1 is 1.27 bits per heavy atom. The van der Waals surface area contributed by atoms with Crippen molar-refractivity contribution in [3.05, 3.63) is 59.5 Å². The van der Waals surface area contributed by atoms with Gasteiger partial charge in [0.2, 0.25) is 5.88 Å². The molecule has 2 unspecified atom stereocenters. The number of pyridine rings is 1. The van der Waals surface area contributed by atoms with Crippen LogP contribution >= 0.6 is 0 Å². The minimum absolute atomic E-state index is 0.0419. The van der Waals surface area contributed by atoms with Crippen LogP contribution in [0.25, 0.3) is 0 Å². The van der Waals surface area contributed by atoms with Gasteiger partial charge in [0.1, 0.15) is 5.82 Å². The molecule has 0 bridgehead atoms. The second kappa shape index (κ2) is 8.94. The molecular weight excluding hydrogens is 339 g/mol. The number of carboxylic acid groups (broad SMARTS) is 1. The van der Waals surface area contributed by atoms with Gasteiger partial charge < -0.3 is 15.2 Å². The maximum atomic E-state index is 13.1. The highest BCUT2D eigenvalue weighted by Gasteiger charge is 2.19. The number of carbonyl (C=O) groups excluding carboxylic acids is 1. The van der Waals surface area contributed by atoms with Crippen molar-refractivity contribution in [3.8, 4) is 5.88 Å². The monoisotopic (exact) mass is 360 g/mol. The Morgan fingerprint density at radius 3 is 2.58 bits per heavy atom. The minimum atomic E-state index is -1.07. The van der Waals surface area contributed by atoms with Crippen LogP contribution in [0.15, 0.2) is 42.6 Å². The quantitative estimate of drug-likeness (QED) is 0.754. The van der Waals surface area contributed by atoms with Crippen LogP contribution in [0.4, 0.5) is 4.39 Å². The van der Waals surface area contributed by atoms with Gasteiger partial charge in [0.15, 0.2) is 0 Å². The van der Waals surface area contributed by atoms with Gasteiger partial charge in [-0.1, -0.05) is 19.1 Å². The number of aromatic nitrogens is 1. The highest BCUT2D eigenvalue weighted by atomic mass is 19.1. The molecule has 2 rings (SSSR count). The molecule has 0 radical (unpaired) electrons. The Labute approximate surface area is 151 Å². The number of carboxylic acids is 1. The van der Waals surface area contributed by atoms with Crippen LogP contribution in [0, 0.1) is 5.82 Å². The van der Waals surface area contributed by atoms with E-state index in [-0.39, 0.29) is 12.5 Å². The van der Waals surface area contributed by atoms with Crippen molar-refractivity contribution in [1.82, 2.24) is 10.3 Å². The minimum Gasteiger partial charge on any atom is -0.481 e. The first-order chi connectivity index (χ1) is 12.4. The molecule has 1 amide bonds. The average molecular weight is 360 g/mol. The van der Waals surface area contributed by atoms with Crippen molar-refractivity contribution < 1.29 is 23.8 Å². The van der Waals surface area contributed by atoms with E-state index in [1.807, 2.05) is 13.8 Å². The van der Waals surface area contributed by atoms with E-state index >= 15 is 0 Å². The molecule has 7 heteroatoms. The van der Waals surface area contributed by atoms with Gasteiger partial charge in [-0.2, -0.15) is 0 Å². The normalized spacial score (nSPS) is 12.9. The summed E-state index contributed by atoms with van der Waals surface area (Å²) in [4.78, 5) is 27.7. The van der Waals surface area contributed by atoms with E-state index in [1.54, 1.807) is 0 Å². The van der Waals surface area contributed by atoms with Crippen molar-refractivity contribution >= 4 is 11.9 Å². The third kappa shape index (κ3) is 5.54. The summed E-state index contributed by atoms with van der Waals surface area (Å²) in [7, 11) is 0. The number of halogens is 1. The number of carbonyl (C=O) groups is 2. The molecule has 0 aliphatic rings. The molecule has 0 aliphatic carbocycles. The smallest absolute Gasteiger partial charge is 0.305 e. The largest absolute Gasteiger partial charge is 0.481 e. The fraction of sp³-hybridized carbons (Fsp3) is 0.316. The first-order valence-corrected chi connectivity index (χ1v) is 8.30. The van der Waals surface area contributed by atoms with Gasteiger partial charge >= 0.3 is 5.97 Å². The molecule has 0 aliphatic heterocycles. The Bertz CT molecular complexity index is 764. The van der Waals surface area contributed by atoms with Crippen molar-refractivity contribution in [3.63, 3.8) is 0 Å². The van der Waals surface area contributed by atoms with E-state index < -0.39 is 23.7 Å². The number of nitrogens with zero attached hydrogens (tertiary/aromatic N) is 1. The van der Waals surface area contributed by atoms with E-state index in [4.69, 9.17) is 9.84 Å². The highest BCUT2D eigenvalue weighted by Crippen LogP contribution is 2.19. The predicted octanol–water partition coefficient (Wildman–Crippen LogP) is 3.34. The number of amides is 1. The van der Waals surface area contributed by atoms with Crippen molar-refractivity contribution in [2.45, 2.75) is 38.8 Å². The topological polar surface area (TPSA) is 88.5 Å². The molecule has 138 valence electrons. The molecule has 26 heavy (non-hydrogen) atoms. The van der Waals surface area contributed by atoms with Gasteiger partial charge in [-0.25, -0.2) is 9.37 Å². The second-order valence-electron chi connectivity index (χ2n) is 5.89. The second-order valence-corrected chi connectivity index (χ2v) is 5.89. The van der Waals surface area contributed by atoms with Crippen molar-refractivity contribution in [1.29, 1.82) is 0 Å². The fourth-order valence-electron chi connectivity index (χ4n) is 2.27. The number of ether oxygens (including phenoxy) is 1. The first kappa shape index (κ1) is 19.4. The summed E-state index contributed by atoms with van der Waals surface area (Å²) in [5.41, 5.74) is 0.808. The molecule has 2 atom stereocenters. The van der Waals surface area contributed by atoms with E-state index in [9.17, 15) is 14.0 Å². The van der Waals surface area contributed by atoms with E-state index in [1.165, 1.54) is 42.6 Å². The predicted molar refractivity (Wildman–Crippen MR) is 93.5 cm³/mol. The molecule has 0 saturated heterocycles. The fourth-order valence-corrected chi connectivity index (χ4v) is 2.27. The van der Waals surface area contributed by atoms with Crippen LogP contribution in [-0.4, -0.2) is 28.1 Å². The zero-order valence-electron chi connectivity index (χ0n) is 14.6. The summed E-state index contributed by atoms with van der Waals surface area (Å²) in [5.74, 6) is -1.65. The third-order valence-electron chi connectivity index (χ3n) is 3.85. The van der Waals surface area contributed by atoms with Gasteiger partial charge in [0.05, 0.1) is 18.6 Å². The Kier molecular flexibility index (Phi) is 6.66. The Balaban J connectivity index is 2.17. The molecule has 1 heterocycles. The molecule has 2 aromatic rings. The summed E-state index contributed by atoms with van der Waals surface area (Å²) in [6.07, 6.45) is 1.89. The summed E-state index contributed by atoms with van der Waals surface area (Å²) < 4.78 is 18.7. The number of hydrogen-bond donors (Lipinski definition) is 2. The van der Waals surface area contributed by atoms with Crippen LogP contribution in [0.3, 0.4) is 0 Å². The van der Waals surface area contributed by atoms with Crippen LogP contribution in [-0.2, 0) is 4.79 Å². The number of hydrogen-bond acceptors (Lipinski definition) is 4. The van der Waals surface area contributed by atoms with E-state index in [2.05, 4.69) is 10.3 Å². The van der Waals surface area contributed by atoms with E-state index in [0.29, 0.717) is 17.0 Å².